The number of rotatable bonds is 6. The Morgan fingerprint density at radius 3 is 1.97 bits per heavy atom. The van der Waals surface area contributed by atoms with Gasteiger partial charge in [0.2, 0.25) is 0 Å². The second kappa shape index (κ2) is 9.56. The van der Waals surface area contributed by atoms with Gasteiger partial charge < -0.3 is 9.64 Å². The molecule has 1 aromatic heterocycles. The van der Waals surface area contributed by atoms with Crippen molar-refractivity contribution >= 4 is 22.4 Å². The van der Waals surface area contributed by atoms with Crippen molar-refractivity contribution in [1.29, 1.82) is 0 Å². The quantitative estimate of drug-likeness (QED) is 0.233. The molecule has 0 aliphatic carbocycles. The van der Waals surface area contributed by atoms with Gasteiger partial charge in [-0.25, -0.2) is 4.98 Å². The predicted molar refractivity (Wildman–Crippen MR) is 155 cm³/mol. The summed E-state index contributed by atoms with van der Waals surface area (Å²) in [5, 5.41) is 0. The predicted octanol–water partition coefficient (Wildman–Crippen LogP) is 8.57. The van der Waals surface area contributed by atoms with Crippen molar-refractivity contribution in [2.45, 2.75) is 12.8 Å². The molecule has 1 aliphatic heterocycles. The number of hydrogen-bond acceptors (Lipinski definition) is 3. The van der Waals surface area contributed by atoms with E-state index in [1.54, 1.807) is 0 Å². The Morgan fingerprint density at radius 2 is 1.24 bits per heavy atom. The maximum atomic E-state index is 6.14. The minimum atomic E-state index is 0.914. The molecule has 0 atom stereocenters. The number of anilines is 2. The van der Waals surface area contributed by atoms with Gasteiger partial charge in [-0.3, -0.25) is 4.57 Å². The summed E-state index contributed by atoms with van der Waals surface area (Å²) in [6, 6.07) is 44.2. The third-order valence-corrected chi connectivity index (χ3v) is 7.17. The number of imidazole rings is 1. The molecule has 0 amide bonds. The van der Waals surface area contributed by atoms with Crippen LogP contribution in [0, 0.1) is 0 Å². The first-order valence-corrected chi connectivity index (χ1v) is 13.1. The van der Waals surface area contributed by atoms with E-state index in [4.69, 9.17) is 9.72 Å². The second-order valence-corrected chi connectivity index (χ2v) is 9.58. The van der Waals surface area contributed by atoms with E-state index < -0.39 is 0 Å². The molecule has 0 fully saturated rings. The first-order chi connectivity index (χ1) is 18.8. The molecule has 0 bridgehead atoms. The van der Waals surface area contributed by atoms with Gasteiger partial charge in [-0.2, -0.15) is 0 Å². The molecule has 184 valence electrons. The van der Waals surface area contributed by atoms with Crippen LogP contribution < -0.4 is 9.64 Å². The minimum Gasteiger partial charge on any atom is -0.453 e. The lowest BCUT2D eigenvalue weighted by Crippen LogP contribution is -2.22. The molecule has 0 saturated carbocycles. The van der Waals surface area contributed by atoms with Crippen LogP contribution in [-0.2, 0) is 6.42 Å². The Hall–Kier alpha value is -4.83. The minimum absolute atomic E-state index is 0.914. The SMILES string of the molecule is c1ccc(-n2c(-c3ccc(CCCN4c5ccccc5Oc5ccccc54)cc3)nc3ccccc32)cc1. The molecule has 2 heterocycles. The van der Waals surface area contributed by atoms with Crippen molar-refractivity contribution in [1.82, 2.24) is 9.55 Å². The monoisotopic (exact) mass is 493 g/mol. The molecule has 0 spiro atoms. The van der Waals surface area contributed by atoms with Crippen molar-refractivity contribution in [2.24, 2.45) is 0 Å². The van der Waals surface area contributed by atoms with E-state index in [-0.39, 0.29) is 0 Å². The van der Waals surface area contributed by atoms with Crippen molar-refractivity contribution < 1.29 is 4.74 Å². The number of hydrogen-bond donors (Lipinski definition) is 0. The zero-order chi connectivity index (χ0) is 25.3. The zero-order valence-electron chi connectivity index (χ0n) is 21.0. The first kappa shape index (κ1) is 22.4. The standard InChI is InChI=1S/C34H27N3O/c1-2-12-27(13-3-1)37-29-15-5-4-14-28(29)35-34(37)26-22-20-25(21-23-26)11-10-24-36-30-16-6-8-18-32(30)38-33-19-9-7-17-31(33)36/h1-9,12-23H,10-11,24H2. The summed E-state index contributed by atoms with van der Waals surface area (Å²) < 4.78 is 8.39. The van der Waals surface area contributed by atoms with Crippen LogP contribution in [0.15, 0.2) is 127 Å². The molecular weight excluding hydrogens is 466 g/mol. The maximum absolute atomic E-state index is 6.14. The number of fused-ring (bicyclic) bond motifs is 3. The Bertz CT molecular complexity index is 1680. The third kappa shape index (κ3) is 4.00. The number of benzene rings is 5. The van der Waals surface area contributed by atoms with Gasteiger partial charge in [0.1, 0.15) is 5.82 Å². The Kier molecular flexibility index (Phi) is 5.63. The summed E-state index contributed by atoms with van der Waals surface area (Å²) in [4.78, 5) is 7.38. The van der Waals surface area contributed by atoms with Crippen LogP contribution in [0.4, 0.5) is 11.4 Å². The normalized spacial score (nSPS) is 12.2. The first-order valence-electron chi connectivity index (χ1n) is 13.1. The highest BCUT2D eigenvalue weighted by molar-refractivity contribution is 5.83. The van der Waals surface area contributed by atoms with Crippen LogP contribution in [0.3, 0.4) is 0 Å². The van der Waals surface area contributed by atoms with E-state index in [0.29, 0.717) is 0 Å². The van der Waals surface area contributed by atoms with Gasteiger partial charge in [-0.05, 0) is 66.9 Å². The van der Waals surface area contributed by atoms with Crippen LogP contribution >= 0.6 is 0 Å². The number of para-hydroxylation sites is 7. The van der Waals surface area contributed by atoms with Gasteiger partial charge in [0.05, 0.1) is 22.4 Å². The van der Waals surface area contributed by atoms with E-state index in [2.05, 4.69) is 100 Å². The molecule has 0 N–H and O–H groups in total. The summed E-state index contributed by atoms with van der Waals surface area (Å²) in [7, 11) is 0. The summed E-state index contributed by atoms with van der Waals surface area (Å²) in [5.74, 6) is 2.79. The second-order valence-electron chi connectivity index (χ2n) is 9.58. The molecule has 5 aromatic carbocycles. The summed E-state index contributed by atoms with van der Waals surface area (Å²) >= 11 is 0. The van der Waals surface area contributed by atoms with Gasteiger partial charge in [-0.15, -0.1) is 0 Å². The van der Waals surface area contributed by atoms with Crippen molar-refractivity contribution in [3.8, 4) is 28.6 Å². The Balaban J connectivity index is 1.13. The summed E-state index contributed by atoms with van der Waals surface area (Å²) in [5.41, 5.74) is 7.93. The summed E-state index contributed by atoms with van der Waals surface area (Å²) in [6.45, 7) is 0.920. The molecule has 6 aromatic rings. The number of aryl methyl sites for hydroxylation is 1. The van der Waals surface area contributed by atoms with Crippen LogP contribution in [0.2, 0.25) is 0 Å². The fourth-order valence-corrected chi connectivity index (χ4v) is 5.34. The van der Waals surface area contributed by atoms with E-state index in [1.165, 1.54) is 5.56 Å². The Labute approximate surface area is 222 Å². The zero-order valence-corrected chi connectivity index (χ0v) is 21.0. The highest BCUT2D eigenvalue weighted by atomic mass is 16.5. The van der Waals surface area contributed by atoms with Gasteiger partial charge >= 0.3 is 0 Å². The lowest BCUT2D eigenvalue weighted by Gasteiger charge is -2.32. The van der Waals surface area contributed by atoms with Crippen LogP contribution in [0.1, 0.15) is 12.0 Å². The fraction of sp³-hybridized carbons (Fsp3) is 0.0882. The lowest BCUT2D eigenvalue weighted by molar-refractivity contribution is 0.472. The smallest absolute Gasteiger partial charge is 0.151 e. The molecule has 0 saturated heterocycles. The largest absolute Gasteiger partial charge is 0.453 e. The molecule has 1 aliphatic rings. The van der Waals surface area contributed by atoms with Gasteiger partial charge in [0.15, 0.2) is 11.5 Å². The van der Waals surface area contributed by atoms with Gasteiger partial charge in [-0.1, -0.05) is 78.9 Å². The molecule has 0 unspecified atom stereocenters. The highest BCUT2D eigenvalue weighted by Crippen LogP contribution is 2.46. The number of ether oxygens (including phenoxy) is 1. The summed E-state index contributed by atoms with van der Waals surface area (Å²) in [6.07, 6.45) is 2.03. The van der Waals surface area contributed by atoms with Crippen LogP contribution in [0.5, 0.6) is 11.5 Å². The average Bonchev–Trinajstić information content (AvgIpc) is 3.37. The van der Waals surface area contributed by atoms with Crippen LogP contribution in [0.25, 0.3) is 28.1 Å². The third-order valence-electron chi connectivity index (χ3n) is 7.17. The Morgan fingerprint density at radius 1 is 0.605 bits per heavy atom. The average molecular weight is 494 g/mol. The molecular formula is C34H27N3O. The van der Waals surface area contributed by atoms with Gasteiger partial charge in [0.25, 0.3) is 0 Å². The van der Waals surface area contributed by atoms with Crippen LogP contribution in [-0.4, -0.2) is 16.1 Å². The van der Waals surface area contributed by atoms with E-state index in [1.807, 2.05) is 36.4 Å². The number of aromatic nitrogens is 2. The van der Waals surface area contributed by atoms with E-state index >= 15 is 0 Å². The molecule has 4 heteroatoms. The topological polar surface area (TPSA) is 30.3 Å². The van der Waals surface area contributed by atoms with E-state index in [9.17, 15) is 0 Å². The number of nitrogens with zero attached hydrogens (tertiary/aromatic N) is 3. The van der Waals surface area contributed by atoms with E-state index in [0.717, 1.165) is 70.4 Å². The maximum Gasteiger partial charge on any atom is 0.151 e. The molecule has 7 rings (SSSR count). The molecule has 4 nitrogen and oxygen atoms in total. The molecule has 38 heavy (non-hydrogen) atoms. The highest BCUT2D eigenvalue weighted by Gasteiger charge is 2.23. The van der Waals surface area contributed by atoms with Gasteiger partial charge in [0, 0.05) is 17.8 Å². The fourth-order valence-electron chi connectivity index (χ4n) is 5.34. The molecule has 0 radical (unpaired) electrons. The van der Waals surface area contributed by atoms with Crippen molar-refractivity contribution in [2.75, 3.05) is 11.4 Å². The van der Waals surface area contributed by atoms with Crippen molar-refractivity contribution in [3.05, 3.63) is 133 Å². The van der Waals surface area contributed by atoms with Crippen molar-refractivity contribution in [3.63, 3.8) is 0 Å². The lowest BCUT2D eigenvalue weighted by atomic mass is 10.1.